The summed E-state index contributed by atoms with van der Waals surface area (Å²) < 4.78 is 1.51. The maximum atomic E-state index is 15.0. The van der Waals surface area contributed by atoms with Gasteiger partial charge < -0.3 is 74.5 Å². The van der Waals surface area contributed by atoms with Crippen molar-refractivity contribution in [3.8, 4) is 5.82 Å². The number of aliphatic imine (C=N–C) groups is 1. The Morgan fingerprint density at radius 2 is 1.51 bits per heavy atom. The number of fused-ring (bicyclic) bond motifs is 13. The largest absolute Gasteiger partial charge is 0.481 e. The van der Waals surface area contributed by atoms with E-state index in [0.29, 0.717) is 22.0 Å². The molecule has 28 heteroatoms. The molecule has 0 spiro atoms. The molecule has 4 aliphatic rings. The van der Waals surface area contributed by atoms with Crippen LogP contribution in [0.25, 0.3) is 16.7 Å². The molecule has 0 saturated carbocycles. The standard InChI is InChI=1S/C51H71N15O13/c1-22(2)14-32-47(75)64-40(24(5)6)48(76)62-34-17-28-27-10-9-25(39(23(3)4)41(49(77)61-32)65-44(72)30-11-12-36(67)57-30)15-31(27)59-42(28)66-20-26(56-21-66)16-33(45(73)63-35(50(78)79)18-38(69)70)58-37(68)19-55-43(71)29(60-46(34)74)8-7-13-54-51(52)53/h9-10,15,20-24,29-30,32-35,39-41,59H,7-8,11-14,16-19H2,1-6H3,(H,55,71)(H,57,67)(H,58,68)(H,60,74)(H,61,77)(H,62,76)(H,63,73)(H,64,75)(H,65,72)(H,69,70)(H,78,79)(H4,52,53,54)/t29-,30+,32-,33+,34+,35-,39+,40-,41-/m1/s1. The number of carbonyl (C=O) groups is 11. The molecule has 28 nitrogen and oxygen atoms in total. The number of H-pyrrole nitrogens is 1. The SMILES string of the molecule is CC(C)C[C@H]1NC(=O)[C@H](NC(=O)[C@@H]2CCC(=O)N2)[C@@H](C(C)C)c2ccc3c4c([nH]c3c2)-n2cnc(c2)C[C@@H](C(=O)N[C@H](CC(=O)O)C(=O)O)NC(=O)CNC(=O)[C@@H](CCCN=C(N)N)NC(=O)[C@H](C4)NC(=O)[C@@H](C(C)C)NC1=O. The molecular formula is C51H71N15O13. The van der Waals surface area contributed by atoms with E-state index in [1.807, 2.05) is 27.7 Å². The molecule has 7 bridgehead atoms. The summed E-state index contributed by atoms with van der Waals surface area (Å²) in [5.74, 6) is -12.1. The number of imidazole rings is 1. The number of nitrogens with two attached hydrogens (primary N) is 2. The van der Waals surface area contributed by atoms with Gasteiger partial charge in [-0.3, -0.25) is 57.5 Å². The summed E-state index contributed by atoms with van der Waals surface area (Å²) in [6.07, 6.45) is 1.53. The average molecular weight is 1100 g/mol. The predicted octanol–water partition coefficient (Wildman–Crippen LogP) is -2.69. The van der Waals surface area contributed by atoms with Gasteiger partial charge in [-0.2, -0.15) is 0 Å². The van der Waals surface area contributed by atoms with Crippen LogP contribution in [0.1, 0.15) is 103 Å². The van der Waals surface area contributed by atoms with E-state index >= 15 is 0 Å². The van der Waals surface area contributed by atoms with Crippen molar-refractivity contribution in [3.63, 3.8) is 0 Å². The molecule has 16 N–H and O–H groups in total. The number of nitrogens with zero attached hydrogens (tertiary/aromatic N) is 3. The predicted molar refractivity (Wildman–Crippen MR) is 282 cm³/mol. The molecule has 6 heterocycles. The molecule has 1 saturated heterocycles. The number of aromatic amines is 1. The summed E-state index contributed by atoms with van der Waals surface area (Å²) in [4.78, 5) is 162. The van der Waals surface area contributed by atoms with Crippen LogP contribution in [0.4, 0.5) is 0 Å². The summed E-state index contributed by atoms with van der Waals surface area (Å²) >= 11 is 0. The first-order chi connectivity index (χ1) is 37.3. The van der Waals surface area contributed by atoms with E-state index in [2.05, 4.69) is 62.8 Å². The number of carboxylic acid groups (broad SMARTS) is 2. The van der Waals surface area contributed by atoms with Crippen molar-refractivity contribution >= 4 is 82.0 Å². The highest BCUT2D eigenvalue weighted by molar-refractivity contribution is 6.00. The van der Waals surface area contributed by atoms with E-state index in [-0.39, 0.29) is 80.3 Å². The summed E-state index contributed by atoms with van der Waals surface area (Å²) in [5.41, 5.74) is 12.6. The van der Waals surface area contributed by atoms with Crippen LogP contribution in [0.5, 0.6) is 0 Å². The average Bonchev–Trinajstić information content (AvgIpc) is 4.36. The van der Waals surface area contributed by atoms with Crippen molar-refractivity contribution in [2.45, 2.75) is 147 Å². The van der Waals surface area contributed by atoms with E-state index in [1.54, 1.807) is 32.0 Å². The minimum absolute atomic E-state index is 0.0175. The Morgan fingerprint density at radius 3 is 2.14 bits per heavy atom. The third-order valence-electron chi connectivity index (χ3n) is 13.8. The van der Waals surface area contributed by atoms with Gasteiger partial charge in [-0.15, -0.1) is 0 Å². The molecule has 2 aromatic heterocycles. The number of amides is 9. The molecule has 9 atom stereocenters. The van der Waals surface area contributed by atoms with Gasteiger partial charge in [0.25, 0.3) is 0 Å². The maximum Gasteiger partial charge on any atom is 0.326 e. The highest BCUT2D eigenvalue weighted by Gasteiger charge is 2.41. The number of rotatable bonds is 15. The van der Waals surface area contributed by atoms with Crippen molar-refractivity contribution in [2.75, 3.05) is 13.1 Å². The van der Waals surface area contributed by atoms with E-state index in [9.17, 15) is 63.0 Å². The summed E-state index contributed by atoms with van der Waals surface area (Å²) in [6, 6.07) is -6.02. The molecule has 0 radical (unpaired) electrons. The van der Waals surface area contributed by atoms with E-state index in [4.69, 9.17) is 11.5 Å². The molecule has 0 aliphatic carbocycles. The fourth-order valence-corrected chi connectivity index (χ4v) is 9.90. The number of hydrogen-bond donors (Lipinski definition) is 14. The smallest absolute Gasteiger partial charge is 0.326 e. The first-order valence-corrected chi connectivity index (χ1v) is 26.2. The molecule has 1 aromatic carbocycles. The van der Waals surface area contributed by atoms with Crippen molar-refractivity contribution < 1.29 is 63.0 Å². The zero-order chi connectivity index (χ0) is 58.0. The number of carboxylic acids is 2. The Morgan fingerprint density at radius 1 is 0.797 bits per heavy atom. The van der Waals surface area contributed by atoms with Gasteiger partial charge in [-0.25, -0.2) is 9.78 Å². The third kappa shape index (κ3) is 15.6. The lowest BCUT2D eigenvalue weighted by molar-refractivity contribution is -0.147. The zero-order valence-corrected chi connectivity index (χ0v) is 44.8. The Hall–Kier alpha value is -8.59. The molecule has 79 heavy (non-hydrogen) atoms. The highest BCUT2D eigenvalue weighted by Crippen LogP contribution is 2.35. The molecule has 7 rings (SSSR count). The van der Waals surface area contributed by atoms with Crippen molar-refractivity contribution in [2.24, 2.45) is 34.2 Å². The van der Waals surface area contributed by atoms with Crippen LogP contribution in [-0.2, 0) is 65.6 Å². The Balaban J connectivity index is 1.57. The number of guanidine groups is 1. The topological polar surface area (TPSA) is 435 Å². The van der Waals surface area contributed by atoms with Crippen molar-refractivity contribution in [1.82, 2.24) is 62.4 Å². The number of aliphatic carboxylic acids is 2. The molecule has 1 fully saturated rings. The van der Waals surface area contributed by atoms with Crippen LogP contribution in [0.2, 0.25) is 0 Å². The van der Waals surface area contributed by atoms with E-state index in [0.717, 1.165) is 0 Å². The normalized spacial score (nSPS) is 23.9. The Kier molecular flexibility index (Phi) is 19.8. The molecule has 428 valence electrons. The second-order valence-corrected chi connectivity index (χ2v) is 21.2. The number of hydrogen-bond acceptors (Lipinski definition) is 13. The lowest BCUT2D eigenvalue weighted by Crippen LogP contribution is -2.61. The summed E-state index contributed by atoms with van der Waals surface area (Å²) in [6.45, 7) is 9.96. The van der Waals surface area contributed by atoms with Crippen molar-refractivity contribution in [3.05, 3.63) is 47.5 Å². The molecule has 4 aliphatic heterocycles. The summed E-state index contributed by atoms with van der Waals surface area (Å²) in [7, 11) is 0. The van der Waals surface area contributed by atoms with Gasteiger partial charge in [0.05, 0.1) is 18.7 Å². The fourth-order valence-electron chi connectivity index (χ4n) is 9.90. The van der Waals surface area contributed by atoms with Gasteiger partial charge in [0.1, 0.15) is 60.5 Å². The van der Waals surface area contributed by atoms with Crippen LogP contribution < -0.4 is 59.3 Å². The van der Waals surface area contributed by atoms with Crippen LogP contribution in [0.15, 0.2) is 35.7 Å². The third-order valence-corrected chi connectivity index (χ3v) is 13.8. The lowest BCUT2D eigenvalue weighted by Gasteiger charge is -2.33. The van der Waals surface area contributed by atoms with Gasteiger partial charge in [-0.1, -0.05) is 53.7 Å². The number of benzene rings is 1. The van der Waals surface area contributed by atoms with Gasteiger partial charge in [-0.05, 0) is 55.1 Å². The molecule has 9 amide bonds. The lowest BCUT2D eigenvalue weighted by atomic mass is 9.81. The van der Waals surface area contributed by atoms with Gasteiger partial charge in [0.15, 0.2) is 5.96 Å². The quantitative estimate of drug-likeness (QED) is 0.0319. The van der Waals surface area contributed by atoms with E-state index < -0.39 is 139 Å². The van der Waals surface area contributed by atoms with Gasteiger partial charge in [0, 0.05) is 54.4 Å². The maximum absolute atomic E-state index is 15.0. The minimum Gasteiger partial charge on any atom is -0.481 e. The number of carbonyl (C=O) groups excluding carboxylic acids is 9. The molecule has 3 aromatic rings. The Bertz CT molecular complexity index is 2870. The van der Waals surface area contributed by atoms with Crippen LogP contribution in [0.3, 0.4) is 0 Å². The first kappa shape index (κ1) is 59.7. The minimum atomic E-state index is -1.90. The monoisotopic (exact) mass is 1100 g/mol. The second kappa shape index (κ2) is 26.2. The fraction of sp³-hybridized carbons (Fsp3) is 0.549. The molecule has 0 unspecified atom stereocenters. The zero-order valence-electron chi connectivity index (χ0n) is 44.8. The summed E-state index contributed by atoms with van der Waals surface area (Å²) in [5, 5.41) is 43.4. The van der Waals surface area contributed by atoms with Gasteiger partial charge >= 0.3 is 11.9 Å². The van der Waals surface area contributed by atoms with E-state index in [1.165, 1.54) is 17.1 Å². The van der Waals surface area contributed by atoms with Gasteiger partial charge in [0.2, 0.25) is 53.2 Å². The van der Waals surface area contributed by atoms with Crippen LogP contribution >= 0.6 is 0 Å². The number of nitrogens with one attached hydrogen (secondary N) is 10. The number of aromatic nitrogens is 3. The van der Waals surface area contributed by atoms with Crippen LogP contribution in [0, 0.1) is 17.8 Å². The van der Waals surface area contributed by atoms with Crippen molar-refractivity contribution in [1.29, 1.82) is 0 Å². The molecular weight excluding hydrogens is 1030 g/mol. The highest BCUT2D eigenvalue weighted by atomic mass is 16.4. The Labute approximate surface area is 453 Å². The first-order valence-electron chi connectivity index (χ1n) is 26.2. The second-order valence-electron chi connectivity index (χ2n) is 21.2. The van der Waals surface area contributed by atoms with Crippen LogP contribution in [-0.4, -0.2) is 157 Å².